The van der Waals surface area contributed by atoms with Gasteiger partial charge in [0.15, 0.2) is 0 Å². The predicted octanol–water partition coefficient (Wildman–Crippen LogP) is 4.47. The first kappa shape index (κ1) is 19.3. The summed E-state index contributed by atoms with van der Waals surface area (Å²) >= 11 is 0. The Bertz CT molecular complexity index is 647. The van der Waals surface area contributed by atoms with E-state index in [0.29, 0.717) is 30.3 Å². The second kappa shape index (κ2) is 8.34. The molecule has 0 bridgehead atoms. The summed E-state index contributed by atoms with van der Waals surface area (Å²) in [7, 11) is -3.49. The Morgan fingerprint density at radius 1 is 1.17 bits per heavy atom. The average Bonchev–Trinajstić information content (AvgIpc) is 2.55. The first-order valence-electron chi connectivity index (χ1n) is 9.15. The standard InChI is InChI=1S/C19H31NO3S/c1-5-6-12-23-18-13-16(4)17(15(2)3)14-19(18)24(21,22)20-10-8-7-9-11-20/h13-15H,5-12H2,1-4H3. The van der Waals surface area contributed by atoms with Crippen LogP contribution in [-0.2, 0) is 10.0 Å². The highest BCUT2D eigenvalue weighted by atomic mass is 32.2. The number of benzene rings is 1. The van der Waals surface area contributed by atoms with Gasteiger partial charge in [-0.05, 0) is 55.4 Å². The van der Waals surface area contributed by atoms with E-state index in [1.165, 1.54) is 0 Å². The minimum atomic E-state index is -3.49. The van der Waals surface area contributed by atoms with Crippen LogP contribution in [0.25, 0.3) is 0 Å². The second-order valence-electron chi connectivity index (χ2n) is 6.98. The van der Waals surface area contributed by atoms with Gasteiger partial charge in [0.25, 0.3) is 0 Å². The van der Waals surface area contributed by atoms with Crippen molar-refractivity contribution < 1.29 is 13.2 Å². The van der Waals surface area contributed by atoms with Gasteiger partial charge in [0.05, 0.1) is 6.61 Å². The number of hydrogen-bond acceptors (Lipinski definition) is 3. The van der Waals surface area contributed by atoms with Gasteiger partial charge in [0.2, 0.25) is 10.0 Å². The molecule has 1 aromatic carbocycles. The van der Waals surface area contributed by atoms with Gasteiger partial charge in [0, 0.05) is 13.1 Å². The summed E-state index contributed by atoms with van der Waals surface area (Å²) in [6.07, 6.45) is 4.94. The van der Waals surface area contributed by atoms with E-state index in [2.05, 4.69) is 20.8 Å². The molecule has 0 N–H and O–H groups in total. The number of aryl methyl sites for hydroxylation is 1. The van der Waals surface area contributed by atoms with E-state index in [4.69, 9.17) is 4.74 Å². The lowest BCUT2D eigenvalue weighted by molar-refractivity contribution is 0.298. The number of hydrogen-bond donors (Lipinski definition) is 0. The van der Waals surface area contributed by atoms with E-state index in [9.17, 15) is 8.42 Å². The molecule has 1 fully saturated rings. The van der Waals surface area contributed by atoms with Gasteiger partial charge >= 0.3 is 0 Å². The molecular formula is C19H31NO3S. The van der Waals surface area contributed by atoms with E-state index in [0.717, 1.165) is 43.2 Å². The van der Waals surface area contributed by atoms with Gasteiger partial charge in [-0.15, -0.1) is 0 Å². The fourth-order valence-electron chi connectivity index (χ4n) is 3.18. The van der Waals surface area contributed by atoms with Gasteiger partial charge in [-0.3, -0.25) is 0 Å². The summed E-state index contributed by atoms with van der Waals surface area (Å²) in [5.74, 6) is 0.793. The zero-order valence-electron chi connectivity index (χ0n) is 15.5. The van der Waals surface area contributed by atoms with Crippen molar-refractivity contribution in [1.82, 2.24) is 4.31 Å². The molecule has 1 aliphatic rings. The Morgan fingerprint density at radius 3 is 2.42 bits per heavy atom. The zero-order valence-corrected chi connectivity index (χ0v) is 16.3. The fourth-order valence-corrected chi connectivity index (χ4v) is 4.85. The molecule has 1 saturated heterocycles. The number of ether oxygens (including phenoxy) is 1. The molecule has 0 aliphatic carbocycles. The van der Waals surface area contributed by atoms with Crippen molar-refractivity contribution in [2.24, 2.45) is 0 Å². The number of rotatable bonds is 7. The summed E-state index contributed by atoms with van der Waals surface area (Å²) < 4.78 is 33.8. The minimum absolute atomic E-state index is 0.282. The second-order valence-corrected chi connectivity index (χ2v) is 8.88. The Balaban J connectivity index is 2.45. The van der Waals surface area contributed by atoms with Crippen LogP contribution in [-0.4, -0.2) is 32.4 Å². The number of sulfonamides is 1. The molecule has 0 saturated carbocycles. The Morgan fingerprint density at radius 2 is 1.83 bits per heavy atom. The van der Waals surface area contributed by atoms with Crippen molar-refractivity contribution in [2.45, 2.75) is 70.6 Å². The minimum Gasteiger partial charge on any atom is -0.492 e. The molecule has 0 amide bonds. The van der Waals surface area contributed by atoms with E-state index in [1.807, 2.05) is 19.1 Å². The van der Waals surface area contributed by atoms with Crippen LogP contribution in [0.1, 0.15) is 69.9 Å². The number of nitrogens with zero attached hydrogens (tertiary/aromatic N) is 1. The molecule has 5 heteroatoms. The van der Waals surface area contributed by atoms with Crippen molar-refractivity contribution in [1.29, 1.82) is 0 Å². The van der Waals surface area contributed by atoms with E-state index in [-0.39, 0.29) is 5.92 Å². The molecule has 0 aromatic heterocycles. The molecule has 1 heterocycles. The summed E-state index contributed by atoms with van der Waals surface area (Å²) in [4.78, 5) is 0.342. The zero-order chi connectivity index (χ0) is 17.7. The summed E-state index contributed by atoms with van der Waals surface area (Å²) in [6.45, 7) is 10.1. The Hall–Kier alpha value is -1.07. The largest absolute Gasteiger partial charge is 0.492 e. The van der Waals surface area contributed by atoms with Crippen LogP contribution in [0.4, 0.5) is 0 Å². The van der Waals surface area contributed by atoms with Gasteiger partial charge in [-0.1, -0.05) is 33.6 Å². The van der Waals surface area contributed by atoms with E-state index < -0.39 is 10.0 Å². The van der Waals surface area contributed by atoms with Gasteiger partial charge < -0.3 is 4.74 Å². The SMILES string of the molecule is CCCCOc1cc(C)c(C(C)C)cc1S(=O)(=O)N1CCCCC1. The number of piperidine rings is 1. The fraction of sp³-hybridized carbons (Fsp3) is 0.684. The van der Waals surface area contributed by atoms with Crippen molar-refractivity contribution in [2.75, 3.05) is 19.7 Å². The number of unbranched alkanes of at least 4 members (excludes halogenated alkanes) is 1. The lowest BCUT2D eigenvalue weighted by Gasteiger charge is -2.27. The Kier molecular flexibility index (Phi) is 6.70. The Labute approximate surface area is 147 Å². The molecule has 0 unspecified atom stereocenters. The maximum Gasteiger partial charge on any atom is 0.246 e. The quantitative estimate of drug-likeness (QED) is 0.679. The normalized spacial score (nSPS) is 16.5. The van der Waals surface area contributed by atoms with Crippen molar-refractivity contribution in [3.05, 3.63) is 23.3 Å². The van der Waals surface area contributed by atoms with Crippen LogP contribution in [0.5, 0.6) is 5.75 Å². The van der Waals surface area contributed by atoms with Crippen molar-refractivity contribution in [3.63, 3.8) is 0 Å². The molecule has 1 aromatic rings. The molecule has 136 valence electrons. The van der Waals surface area contributed by atoms with Gasteiger partial charge in [-0.2, -0.15) is 4.31 Å². The van der Waals surface area contributed by atoms with Gasteiger partial charge in [-0.25, -0.2) is 8.42 Å². The highest BCUT2D eigenvalue weighted by molar-refractivity contribution is 7.89. The molecule has 24 heavy (non-hydrogen) atoms. The maximum absolute atomic E-state index is 13.2. The van der Waals surface area contributed by atoms with Crippen LogP contribution in [0.3, 0.4) is 0 Å². The first-order chi connectivity index (χ1) is 11.4. The third-order valence-corrected chi connectivity index (χ3v) is 6.56. The molecule has 4 nitrogen and oxygen atoms in total. The highest BCUT2D eigenvalue weighted by Crippen LogP contribution is 2.34. The van der Waals surface area contributed by atoms with Crippen LogP contribution >= 0.6 is 0 Å². The third-order valence-electron chi connectivity index (χ3n) is 4.64. The van der Waals surface area contributed by atoms with Crippen LogP contribution < -0.4 is 4.74 Å². The van der Waals surface area contributed by atoms with Crippen LogP contribution in [0.2, 0.25) is 0 Å². The lowest BCUT2D eigenvalue weighted by Crippen LogP contribution is -2.36. The first-order valence-corrected chi connectivity index (χ1v) is 10.6. The van der Waals surface area contributed by atoms with Crippen molar-refractivity contribution >= 4 is 10.0 Å². The summed E-state index contributed by atoms with van der Waals surface area (Å²) in [5.41, 5.74) is 2.17. The smallest absolute Gasteiger partial charge is 0.246 e. The molecule has 2 rings (SSSR count). The molecular weight excluding hydrogens is 322 g/mol. The topological polar surface area (TPSA) is 46.6 Å². The average molecular weight is 354 g/mol. The van der Waals surface area contributed by atoms with Gasteiger partial charge in [0.1, 0.15) is 10.6 Å². The maximum atomic E-state index is 13.2. The molecule has 1 aliphatic heterocycles. The van der Waals surface area contributed by atoms with E-state index in [1.54, 1.807) is 4.31 Å². The third kappa shape index (κ3) is 4.31. The van der Waals surface area contributed by atoms with Crippen LogP contribution in [0, 0.1) is 6.92 Å². The molecule has 0 radical (unpaired) electrons. The van der Waals surface area contributed by atoms with Crippen molar-refractivity contribution in [3.8, 4) is 5.75 Å². The molecule has 0 atom stereocenters. The van der Waals surface area contributed by atoms with Crippen LogP contribution in [0.15, 0.2) is 17.0 Å². The summed E-state index contributed by atoms with van der Waals surface area (Å²) in [6, 6.07) is 3.74. The predicted molar refractivity (Wildman–Crippen MR) is 98.3 cm³/mol. The monoisotopic (exact) mass is 353 g/mol. The lowest BCUT2D eigenvalue weighted by atomic mass is 9.98. The summed E-state index contributed by atoms with van der Waals surface area (Å²) in [5, 5.41) is 0. The highest BCUT2D eigenvalue weighted by Gasteiger charge is 2.30. The van der Waals surface area contributed by atoms with E-state index >= 15 is 0 Å². The molecule has 0 spiro atoms.